The lowest BCUT2D eigenvalue weighted by Gasteiger charge is -2.39. The summed E-state index contributed by atoms with van der Waals surface area (Å²) in [5, 5.41) is 12.9. The molecule has 5 rings (SSSR count). The van der Waals surface area contributed by atoms with Crippen LogP contribution in [0.1, 0.15) is 44.9 Å². The largest absolute Gasteiger partial charge is 0.393 e. The number of amides is 1. The van der Waals surface area contributed by atoms with Gasteiger partial charge in [-0.15, -0.1) is 0 Å². The molecular formula is C20H30N7O2+. The molecule has 9 heteroatoms. The molecule has 2 aromatic rings. The van der Waals surface area contributed by atoms with Gasteiger partial charge in [0, 0.05) is 32.7 Å². The molecule has 0 aromatic carbocycles. The van der Waals surface area contributed by atoms with Crippen molar-refractivity contribution in [3.8, 4) is 0 Å². The lowest BCUT2D eigenvalue weighted by atomic mass is 9.78. The highest BCUT2D eigenvalue weighted by molar-refractivity contribution is 5.86. The minimum Gasteiger partial charge on any atom is -0.393 e. The van der Waals surface area contributed by atoms with E-state index in [9.17, 15) is 9.90 Å². The number of anilines is 2. The Kier molecular flexibility index (Phi) is 4.57. The second-order valence-electron chi connectivity index (χ2n) is 8.80. The summed E-state index contributed by atoms with van der Waals surface area (Å²) in [4.78, 5) is 33.5. The van der Waals surface area contributed by atoms with Crippen LogP contribution in [0, 0.1) is 5.41 Å². The SMILES string of the molecule is CNc1nc(N2CCC[C@]3(CCN(C4CCC(O)CC4)C3=O)C2)nc2[nH+]c[nH]c12. The van der Waals surface area contributed by atoms with E-state index in [0.717, 1.165) is 75.0 Å². The number of carbonyl (C=O) groups excluding carboxylic acids is 1. The Morgan fingerprint density at radius 2 is 2.07 bits per heavy atom. The topological polar surface area (TPSA) is 112 Å². The zero-order chi connectivity index (χ0) is 20.0. The first-order valence-electron chi connectivity index (χ1n) is 10.8. The molecule has 1 aliphatic carbocycles. The van der Waals surface area contributed by atoms with Gasteiger partial charge in [-0.25, -0.2) is 4.98 Å². The molecule has 2 saturated heterocycles. The van der Waals surface area contributed by atoms with E-state index in [1.54, 1.807) is 6.33 Å². The summed E-state index contributed by atoms with van der Waals surface area (Å²) in [5.74, 6) is 1.72. The lowest BCUT2D eigenvalue weighted by Crippen LogP contribution is -2.50. The van der Waals surface area contributed by atoms with Crippen molar-refractivity contribution in [2.75, 3.05) is 36.9 Å². The van der Waals surface area contributed by atoms with Gasteiger partial charge in [0.1, 0.15) is 0 Å². The number of piperidine rings is 1. The predicted octanol–water partition coefficient (Wildman–Crippen LogP) is 0.936. The summed E-state index contributed by atoms with van der Waals surface area (Å²) >= 11 is 0. The van der Waals surface area contributed by atoms with Crippen molar-refractivity contribution in [2.45, 2.75) is 57.1 Å². The van der Waals surface area contributed by atoms with Gasteiger partial charge in [-0.05, 0) is 44.9 Å². The zero-order valence-electron chi connectivity index (χ0n) is 16.9. The molecule has 1 spiro atoms. The fourth-order valence-corrected chi connectivity index (χ4v) is 5.44. The number of H-pyrrole nitrogens is 2. The maximum Gasteiger partial charge on any atom is 0.307 e. The third-order valence-electron chi connectivity index (χ3n) is 7.07. The summed E-state index contributed by atoms with van der Waals surface area (Å²) < 4.78 is 0. The Morgan fingerprint density at radius 1 is 1.24 bits per heavy atom. The maximum atomic E-state index is 13.5. The molecule has 156 valence electrons. The van der Waals surface area contributed by atoms with Crippen LogP contribution in [0.2, 0.25) is 0 Å². The molecule has 29 heavy (non-hydrogen) atoms. The first-order valence-corrected chi connectivity index (χ1v) is 10.8. The monoisotopic (exact) mass is 400 g/mol. The minimum absolute atomic E-state index is 0.193. The molecule has 9 nitrogen and oxygen atoms in total. The van der Waals surface area contributed by atoms with Crippen LogP contribution in [-0.2, 0) is 4.79 Å². The average Bonchev–Trinajstić information content (AvgIpc) is 3.34. The number of nitrogens with one attached hydrogen (secondary N) is 3. The van der Waals surface area contributed by atoms with Crippen molar-refractivity contribution < 1.29 is 14.9 Å². The van der Waals surface area contributed by atoms with Crippen molar-refractivity contribution in [3.05, 3.63) is 6.33 Å². The normalized spacial score (nSPS) is 30.5. The van der Waals surface area contributed by atoms with Gasteiger partial charge in [0.25, 0.3) is 0 Å². The molecule has 1 amide bonds. The van der Waals surface area contributed by atoms with E-state index in [2.05, 4.69) is 25.1 Å². The van der Waals surface area contributed by atoms with Crippen LogP contribution >= 0.6 is 0 Å². The quantitative estimate of drug-likeness (QED) is 0.707. The van der Waals surface area contributed by atoms with Gasteiger partial charge in [-0.1, -0.05) is 4.98 Å². The molecule has 4 N–H and O–H groups in total. The molecule has 2 aromatic heterocycles. The Bertz CT molecular complexity index is 907. The Hall–Kier alpha value is -2.42. The number of aromatic nitrogens is 4. The van der Waals surface area contributed by atoms with E-state index < -0.39 is 0 Å². The number of aliphatic hydroxyl groups excluding tert-OH is 1. The molecule has 1 atom stereocenters. The van der Waals surface area contributed by atoms with E-state index in [1.807, 2.05) is 7.05 Å². The number of imidazole rings is 1. The fraction of sp³-hybridized carbons (Fsp3) is 0.700. The number of aliphatic hydroxyl groups is 1. The summed E-state index contributed by atoms with van der Waals surface area (Å²) in [6.07, 6.45) is 7.81. The van der Waals surface area contributed by atoms with Crippen LogP contribution in [-0.4, -0.2) is 69.7 Å². The highest BCUT2D eigenvalue weighted by Gasteiger charge is 2.51. The summed E-state index contributed by atoms with van der Waals surface area (Å²) in [6.45, 7) is 2.38. The van der Waals surface area contributed by atoms with Crippen LogP contribution in [0.25, 0.3) is 11.2 Å². The predicted molar refractivity (Wildman–Crippen MR) is 108 cm³/mol. The smallest absolute Gasteiger partial charge is 0.307 e. The van der Waals surface area contributed by atoms with Gasteiger partial charge in [-0.2, -0.15) is 4.98 Å². The number of hydrogen-bond acceptors (Lipinski definition) is 6. The molecule has 0 radical (unpaired) electrons. The molecule has 3 aliphatic rings. The van der Waals surface area contributed by atoms with Gasteiger partial charge in [-0.3, -0.25) is 9.78 Å². The number of fused-ring (bicyclic) bond motifs is 1. The van der Waals surface area contributed by atoms with Crippen molar-refractivity contribution in [1.29, 1.82) is 0 Å². The van der Waals surface area contributed by atoms with Crippen LogP contribution in [0.15, 0.2) is 6.33 Å². The number of nitrogens with zero attached hydrogens (tertiary/aromatic N) is 4. The van der Waals surface area contributed by atoms with Crippen molar-refractivity contribution in [1.82, 2.24) is 19.9 Å². The van der Waals surface area contributed by atoms with Crippen LogP contribution in [0.4, 0.5) is 11.8 Å². The third kappa shape index (κ3) is 3.11. The van der Waals surface area contributed by atoms with Crippen LogP contribution in [0.3, 0.4) is 0 Å². The van der Waals surface area contributed by atoms with Crippen LogP contribution in [0.5, 0.6) is 0 Å². The number of aromatic amines is 2. The van der Waals surface area contributed by atoms with Gasteiger partial charge in [0.05, 0.1) is 11.5 Å². The number of carbonyl (C=O) groups is 1. The van der Waals surface area contributed by atoms with Crippen molar-refractivity contribution >= 4 is 28.8 Å². The molecule has 2 aliphatic heterocycles. The van der Waals surface area contributed by atoms with Gasteiger partial charge in [0.2, 0.25) is 11.4 Å². The summed E-state index contributed by atoms with van der Waals surface area (Å²) in [6, 6.07) is 0.290. The van der Waals surface area contributed by atoms with E-state index in [0.29, 0.717) is 24.4 Å². The van der Waals surface area contributed by atoms with Crippen molar-refractivity contribution in [3.63, 3.8) is 0 Å². The molecule has 4 heterocycles. The second kappa shape index (κ2) is 7.12. The molecule has 0 unspecified atom stereocenters. The Labute approximate surface area is 169 Å². The first-order chi connectivity index (χ1) is 14.1. The number of rotatable bonds is 3. The second-order valence-corrected chi connectivity index (χ2v) is 8.80. The van der Waals surface area contributed by atoms with Crippen molar-refractivity contribution in [2.24, 2.45) is 5.41 Å². The van der Waals surface area contributed by atoms with Gasteiger partial charge >= 0.3 is 11.6 Å². The number of likely N-dealkylation sites (tertiary alicyclic amines) is 1. The molecule has 3 fully saturated rings. The lowest BCUT2D eigenvalue weighted by molar-refractivity contribution is -0.347. The van der Waals surface area contributed by atoms with Gasteiger partial charge < -0.3 is 20.2 Å². The molecule has 0 bridgehead atoms. The maximum absolute atomic E-state index is 13.5. The summed E-state index contributed by atoms with van der Waals surface area (Å²) in [5.41, 5.74) is 1.29. The summed E-state index contributed by atoms with van der Waals surface area (Å²) in [7, 11) is 1.85. The zero-order valence-corrected chi connectivity index (χ0v) is 16.9. The third-order valence-corrected chi connectivity index (χ3v) is 7.07. The van der Waals surface area contributed by atoms with E-state index in [-0.39, 0.29) is 11.5 Å². The highest BCUT2D eigenvalue weighted by Crippen LogP contribution is 2.43. The highest BCUT2D eigenvalue weighted by atomic mass is 16.3. The Balaban J connectivity index is 1.37. The standard InChI is InChI=1S/C20H29N7O2/c1-21-16-15-17(23-12-22-15)25-19(24-16)26-9-2-7-20(11-26)8-10-27(18(20)29)13-3-5-14(28)6-4-13/h12-14,28H,2-11H2,1H3,(H2,21,22,23,24,25)/p+1/t13?,14?,20-/m0/s1. The van der Waals surface area contributed by atoms with Crippen LogP contribution < -0.4 is 15.2 Å². The van der Waals surface area contributed by atoms with E-state index >= 15 is 0 Å². The van der Waals surface area contributed by atoms with E-state index in [4.69, 9.17) is 9.97 Å². The number of hydrogen-bond donors (Lipinski definition) is 3. The first kappa shape index (κ1) is 18.6. The fourth-order valence-electron chi connectivity index (χ4n) is 5.44. The van der Waals surface area contributed by atoms with E-state index in [1.165, 1.54) is 0 Å². The Morgan fingerprint density at radius 3 is 2.86 bits per heavy atom. The minimum atomic E-state index is -0.325. The van der Waals surface area contributed by atoms with Gasteiger partial charge in [0.15, 0.2) is 12.1 Å². The molecule has 1 saturated carbocycles. The molecular weight excluding hydrogens is 370 g/mol. The average molecular weight is 401 g/mol.